The van der Waals surface area contributed by atoms with Crippen molar-refractivity contribution in [1.82, 2.24) is 30.2 Å². The quantitative estimate of drug-likeness (QED) is 0.241. The fourth-order valence-corrected chi connectivity index (χ4v) is 3.65. The van der Waals surface area contributed by atoms with Crippen molar-refractivity contribution < 1.29 is 9.26 Å². The van der Waals surface area contributed by atoms with Gasteiger partial charge in [0.15, 0.2) is 11.6 Å². The number of allylic oxidation sites excluding steroid dienone is 1. The molecule has 0 aliphatic heterocycles. The second-order valence-electron chi connectivity index (χ2n) is 9.21. The van der Waals surface area contributed by atoms with E-state index in [0.717, 1.165) is 42.5 Å². The van der Waals surface area contributed by atoms with Crippen LogP contribution in [0.1, 0.15) is 70.5 Å². The molecule has 1 aliphatic rings. The van der Waals surface area contributed by atoms with Gasteiger partial charge in [-0.25, -0.2) is 0 Å². The summed E-state index contributed by atoms with van der Waals surface area (Å²) in [6.07, 6.45) is 4.13. The monoisotopic (exact) mass is 525 g/mol. The number of aromatic nitrogens is 5. The lowest BCUT2D eigenvalue weighted by atomic mass is 10.2. The summed E-state index contributed by atoms with van der Waals surface area (Å²) in [4.78, 5) is 13.9. The van der Waals surface area contributed by atoms with Gasteiger partial charge >= 0.3 is 0 Å². The molecule has 208 valence electrons. The molecule has 1 saturated carbocycles. The van der Waals surface area contributed by atoms with Crippen LogP contribution < -0.4 is 15.5 Å². The number of ether oxygens (including phenoxy) is 1. The van der Waals surface area contributed by atoms with Crippen molar-refractivity contribution in [3.63, 3.8) is 0 Å². The Morgan fingerprint density at radius 3 is 2.61 bits per heavy atom. The summed E-state index contributed by atoms with van der Waals surface area (Å²) in [6.45, 7) is 13.6. The molecule has 4 rings (SSSR count). The predicted octanol–water partition coefficient (Wildman–Crippen LogP) is 5.23. The van der Waals surface area contributed by atoms with Crippen LogP contribution in [-0.2, 0) is 11.3 Å². The maximum atomic E-state index is 5.50. The molecule has 0 atom stereocenters. The topological polar surface area (TPSA) is 120 Å². The van der Waals surface area contributed by atoms with E-state index < -0.39 is 0 Å². The van der Waals surface area contributed by atoms with Crippen molar-refractivity contribution in [1.29, 1.82) is 0 Å². The summed E-state index contributed by atoms with van der Waals surface area (Å²) in [5.41, 5.74) is 2.81. The summed E-state index contributed by atoms with van der Waals surface area (Å²) in [5, 5.41) is 18.3. The van der Waals surface area contributed by atoms with Gasteiger partial charge in [0.1, 0.15) is 17.3 Å². The molecule has 38 heavy (non-hydrogen) atoms. The van der Waals surface area contributed by atoms with Gasteiger partial charge in [0.05, 0.1) is 19.4 Å². The molecule has 1 fully saturated rings. The molecule has 3 heterocycles. The molecule has 1 aliphatic carbocycles. The second kappa shape index (κ2) is 14.4. The van der Waals surface area contributed by atoms with Crippen LogP contribution in [0.25, 0.3) is 5.57 Å². The first-order valence-corrected chi connectivity index (χ1v) is 13.5. The zero-order valence-electron chi connectivity index (χ0n) is 23.8. The Balaban J connectivity index is 0.00000195. The first kappa shape index (κ1) is 29.0. The molecule has 3 aromatic heterocycles. The number of rotatable bonds is 14. The van der Waals surface area contributed by atoms with E-state index in [-0.39, 0.29) is 0 Å². The summed E-state index contributed by atoms with van der Waals surface area (Å²) >= 11 is 0. The van der Waals surface area contributed by atoms with Gasteiger partial charge < -0.3 is 29.7 Å². The fraction of sp³-hybridized carbons (Fsp3) is 0.556. The molecule has 0 spiro atoms. The molecule has 3 aromatic rings. The van der Waals surface area contributed by atoms with Gasteiger partial charge in [-0.15, -0.1) is 0 Å². The average Bonchev–Trinajstić information content (AvgIpc) is 3.47. The van der Waals surface area contributed by atoms with Crippen LogP contribution >= 0.6 is 0 Å². The molecule has 3 N–H and O–H groups in total. The zero-order valence-corrected chi connectivity index (χ0v) is 23.8. The number of anilines is 4. The number of hydrogen-bond acceptors (Lipinski definition) is 10. The van der Waals surface area contributed by atoms with Crippen molar-refractivity contribution in [3.8, 4) is 0 Å². The number of aromatic amines is 1. The van der Waals surface area contributed by atoms with E-state index in [1.54, 1.807) is 6.26 Å². The van der Waals surface area contributed by atoms with Gasteiger partial charge in [-0.2, -0.15) is 15.1 Å². The summed E-state index contributed by atoms with van der Waals surface area (Å²) in [7, 11) is 4.14. The fourth-order valence-electron chi connectivity index (χ4n) is 3.65. The normalized spacial score (nSPS) is 13.2. The van der Waals surface area contributed by atoms with Crippen LogP contribution in [0.15, 0.2) is 29.0 Å². The Morgan fingerprint density at radius 2 is 1.92 bits per heavy atom. The maximum Gasteiger partial charge on any atom is 0.227 e. The van der Waals surface area contributed by atoms with Gasteiger partial charge in [-0.05, 0) is 47.7 Å². The second-order valence-corrected chi connectivity index (χ2v) is 9.21. The Hall–Kier alpha value is -3.60. The largest absolute Gasteiger partial charge is 0.501 e. The van der Waals surface area contributed by atoms with E-state index in [0.29, 0.717) is 36.6 Å². The third-order valence-electron chi connectivity index (χ3n) is 5.92. The Morgan fingerprint density at radius 1 is 1.13 bits per heavy atom. The number of likely N-dealkylation sites (N-methyl/N-ethyl adjacent to an activating group) is 2. The average molecular weight is 526 g/mol. The van der Waals surface area contributed by atoms with Gasteiger partial charge in [0.25, 0.3) is 0 Å². The summed E-state index contributed by atoms with van der Waals surface area (Å²) in [6, 6.07) is 5.91. The minimum atomic E-state index is 0.399. The molecule has 0 unspecified atom stereocenters. The van der Waals surface area contributed by atoms with E-state index in [1.807, 2.05) is 39.8 Å². The molecular formula is C27H43N9O2. The molecule has 11 heteroatoms. The van der Waals surface area contributed by atoms with Gasteiger partial charge in [0.2, 0.25) is 5.95 Å². The van der Waals surface area contributed by atoms with E-state index in [2.05, 4.69) is 62.9 Å². The maximum absolute atomic E-state index is 5.50. The number of hydrogen-bond donors (Lipinski definition) is 3. The number of nitrogens with one attached hydrogen (secondary N) is 3. The number of nitrogens with zero attached hydrogens (tertiary/aromatic N) is 6. The molecule has 0 bridgehead atoms. The van der Waals surface area contributed by atoms with Crippen LogP contribution in [0.4, 0.5) is 23.4 Å². The molecule has 0 saturated heterocycles. The van der Waals surface area contributed by atoms with Crippen molar-refractivity contribution in [2.75, 3.05) is 55.9 Å². The molecule has 0 radical (unpaired) electrons. The van der Waals surface area contributed by atoms with Gasteiger partial charge in [-0.1, -0.05) is 19.0 Å². The van der Waals surface area contributed by atoms with Crippen molar-refractivity contribution in [2.45, 2.75) is 59.9 Å². The van der Waals surface area contributed by atoms with Gasteiger partial charge in [0, 0.05) is 55.0 Å². The zero-order chi connectivity index (χ0) is 27.5. The highest BCUT2D eigenvalue weighted by atomic mass is 16.5. The van der Waals surface area contributed by atoms with E-state index in [1.165, 1.54) is 18.5 Å². The smallest absolute Gasteiger partial charge is 0.227 e. The minimum Gasteiger partial charge on any atom is -0.501 e. The molecule has 0 amide bonds. The van der Waals surface area contributed by atoms with Crippen LogP contribution in [0.3, 0.4) is 0 Å². The molecule has 11 nitrogen and oxygen atoms in total. The Bertz CT molecular complexity index is 1150. The summed E-state index contributed by atoms with van der Waals surface area (Å²) < 4.78 is 10.8. The Kier molecular flexibility index (Phi) is 11.0. The first-order valence-electron chi connectivity index (χ1n) is 13.5. The van der Waals surface area contributed by atoms with Crippen molar-refractivity contribution in [2.24, 2.45) is 0 Å². The van der Waals surface area contributed by atoms with E-state index in [9.17, 15) is 0 Å². The van der Waals surface area contributed by atoms with Crippen molar-refractivity contribution >= 4 is 29.0 Å². The SMILES string of the molecule is CC.CCO/C=C(\C)c1cc(CNc2nc(Nc3cc(C4CC4)[nH]n3)cc(N(CC)CCN(C)C)n2)on1. The van der Waals surface area contributed by atoms with Gasteiger partial charge in [-0.3, -0.25) is 5.10 Å². The van der Waals surface area contributed by atoms with E-state index >= 15 is 0 Å². The Labute approximate surface area is 226 Å². The highest BCUT2D eigenvalue weighted by molar-refractivity contribution is 5.60. The van der Waals surface area contributed by atoms with Crippen LogP contribution in [0.5, 0.6) is 0 Å². The minimum absolute atomic E-state index is 0.399. The highest BCUT2D eigenvalue weighted by Gasteiger charge is 2.25. The van der Waals surface area contributed by atoms with Crippen LogP contribution in [-0.4, -0.2) is 70.6 Å². The number of H-pyrrole nitrogens is 1. The predicted molar refractivity (Wildman–Crippen MR) is 153 cm³/mol. The first-order chi connectivity index (χ1) is 18.4. The molecule has 0 aromatic carbocycles. The van der Waals surface area contributed by atoms with Crippen LogP contribution in [0, 0.1) is 0 Å². The standard InChI is InChI=1S/C25H37N9O2.C2H6/c1-6-34(11-10-33(4)5)24-14-22(27-23-13-21(30-31-23)18-8-9-18)28-25(29-24)26-15-19-12-20(32-36-19)17(3)16-35-7-2;1-2/h12-14,16,18H,6-11,15H2,1-5H3,(H3,26,27,28,29,30,31);1-2H3/b17-16+;. The third-order valence-corrected chi connectivity index (χ3v) is 5.92. The lowest BCUT2D eigenvalue weighted by Crippen LogP contribution is -2.32. The highest BCUT2D eigenvalue weighted by Crippen LogP contribution is 2.39. The lowest BCUT2D eigenvalue weighted by Gasteiger charge is -2.24. The van der Waals surface area contributed by atoms with Crippen LogP contribution in [0.2, 0.25) is 0 Å². The van der Waals surface area contributed by atoms with Crippen molar-refractivity contribution in [3.05, 3.63) is 41.6 Å². The molecular weight excluding hydrogens is 482 g/mol. The summed E-state index contributed by atoms with van der Waals surface area (Å²) in [5.74, 6) is 4.04. The van der Waals surface area contributed by atoms with E-state index in [4.69, 9.17) is 19.2 Å². The third kappa shape index (κ3) is 8.47. The lowest BCUT2D eigenvalue weighted by molar-refractivity contribution is 0.270.